The summed E-state index contributed by atoms with van der Waals surface area (Å²) in [6, 6.07) is 4.62. The molecule has 0 amide bonds. The van der Waals surface area contributed by atoms with Crippen molar-refractivity contribution in [1.29, 1.82) is 0 Å². The summed E-state index contributed by atoms with van der Waals surface area (Å²) in [6.45, 7) is 4.09. The minimum Gasteiger partial charge on any atom is -0.351 e. The summed E-state index contributed by atoms with van der Waals surface area (Å²) in [4.78, 5) is 4.47. The van der Waals surface area contributed by atoms with Gasteiger partial charge in [-0.25, -0.2) is 4.52 Å². The van der Waals surface area contributed by atoms with Gasteiger partial charge in [0.05, 0.1) is 0 Å². The van der Waals surface area contributed by atoms with Gasteiger partial charge in [-0.3, -0.25) is 0 Å². The van der Waals surface area contributed by atoms with Gasteiger partial charge in [0.15, 0.2) is 5.65 Å². The molecule has 1 atom stereocenters. The van der Waals surface area contributed by atoms with Crippen LogP contribution in [-0.4, -0.2) is 33.7 Å². The summed E-state index contributed by atoms with van der Waals surface area (Å²) < 4.78 is 1.81. The first-order chi connectivity index (χ1) is 8.81. The number of aromatic nitrogens is 3. The fourth-order valence-electron chi connectivity index (χ4n) is 2.37. The van der Waals surface area contributed by atoms with Gasteiger partial charge in [-0.2, -0.15) is 4.98 Å². The Balaban J connectivity index is 1.67. The Morgan fingerprint density at radius 1 is 1.50 bits per heavy atom. The molecule has 0 radical (unpaired) electrons. The molecular formula is C13H19N5. The maximum atomic E-state index is 4.47. The molecule has 96 valence electrons. The third-order valence-corrected chi connectivity index (χ3v) is 3.41. The number of hydrogen-bond acceptors (Lipinski definition) is 4. The van der Waals surface area contributed by atoms with Gasteiger partial charge < -0.3 is 10.6 Å². The van der Waals surface area contributed by atoms with Crippen LogP contribution in [0.3, 0.4) is 0 Å². The third-order valence-electron chi connectivity index (χ3n) is 3.41. The number of nitrogens with zero attached hydrogens (tertiary/aromatic N) is 3. The highest BCUT2D eigenvalue weighted by atomic mass is 15.3. The average molecular weight is 245 g/mol. The number of pyridine rings is 1. The van der Waals surface area contributed by atoms with E-state index in [9.17, 15) is 0 Å². The molecule has 5 nitrogen and oxygen atoms in total. The van der Waals surface area contributed by atoms with Crippen LogP contribution in [0.4, 0.5) is 5.95 Å². The molecule has 5 heteroatoms. The van der Waals surface area contributed by atoms with Crippen molar-refractivity contribution in [3.63, 3.8) is 0 Å². The lowest BCUT2D eigenvalue weighted by Gasteiger charge is -2.23. The van der Waals surface area contributed by atoms with E-state index in [0.29, 0.717) is 12.0 Å². The number of aryl methyl sites for hydroxylation is 1. The Bertz CT molecular complexity index is 527. The average Bonchev–Trinajstić information content (AvgIpc) is 2.79. The Morgan fingerprint density at radius 2 is 2.44 bits per heavy atom. The maximum absolute atomic E-state index is 4.47. The van der Waals surface area contributed by atoms with E-state index in [1.807, 2.05) is 22.8 Å². The lowest BCUT2D eigenvalue weighted by molar-refractivity contribution is 0.413. The SMILES string of the molecule is Cc1ccn2nc(NCC3CCCCN3)nc2c1. The van der Waals surface area contributed by atoms with E-state index >= 15 is 0 Å². The van der Waals surface area contributed by atoms with Gasteiger partial charge in [0.2, 0.25) is 5.95 Å². The van der Waals surface area contributed by atoms with Crippen LogP contribution in [0.5, 0.6) is 0 Å². The Hall–Kier alpha value is -1.62. The Labute approximate surface area is 107 Å². The van der Waals surface area contributed by atoms with Gasteiger partial charge in [0.25, 0.3) is 0 Å². The summed E-state index contributed by atoms with van der Waals surface area (Å²) in [5.74, 6) is 0.716. The lowest BCUT2D eigenvalue weighted by Crippen LogP contribution is -2.39. The van der Waals surface area contributed by atoms with E-state index in [2.05, 4.69) is 27.6 Å². The molecule has 1 aliphatic rings. The van der Waals surface area contributed by atoms with Crippen molar-refractivity contribution in [2.24, 2.45) is 0 Å². The normalized spacial score (nSPS) is 20.2. The molecule has 1 fully saturated rings. The zero-order valence-corrected chi connectivity index (χ0v) is 10.7. The first kappa shape index (κ1) is 11.5. The topological polar surface area (TPSA) is 54.2 Å². The van der Waals surface area contributed by atoms with E-state index in [4.69, 9.17) is 0 Å². The van der Waals surface area contributed by atoms with E-state index in [0.717, 1.165) is 18.7 Å². The van der Waals surface area contributed by atoms with Crippen molar-refractivity contribution < 1.29 is 0 Å². The molecule has 3 heterocycles. The van der Waals surface area contributed by atoms with Crippen molar-refractivity contribution in [2.45, 2.75) is 32.2 Å². The molecule has 0 saturated carbocycles. The van der Waals surface area contributed by atoms with Gasteiger partial charge >= 0.3 is 0 Å². The number of hydrogen-bond donors (Lipinski definition) is 2. The predicted octanol–water partition coefficient (Wildman–Crippen LogP) is 1.59. The second-order valence-corrected chi connectivity index (χ2v) is 4.97. The molecule has 0 aliphatic carbocycles. The van der Waals surface area contributed by atoms with Crippen molar-refractivity contribution in [2.75, 3.05) is 18.4 Å². The molecule has 2 aromatic heterocycles. The molecule has 18 heavy (non-hydrogen) atoms. The highest BCUT2D eigenvalue weighted by Gasteiger charge is 2.12. The van der Waals surface area contributed by atoms with Crippen LogP contribution >= 0.6 is 0 Å². The van der Waals surface area contributed by atoms with Crippen LogP contribution in [-0.2, 0) is 0 Å². The quantitative estimate of drug-likeness (QED) is 0.862. The highest BCUT2D eigenvalue weighted by Crippen LogP contribution is 2.10. The second-order valence-electron chi connectivity index (χ2n) is 4.97. The molecule has 0 spiro atoms. The molecule has 1 aliphatic heterocycles. The van der Waals surface area contributed by atoms with Crippen molar-refractivity contribution >= 4 is 11.6 Å². The largest absolute Gasteiger partial charge is 0.351 e. The molecule has 2 N–H and O–H groups in total. The monoisotopic (exact) mass is 245 g/mol. The Morgan fingerprint density at radius 3 is 3.28 bits per heavy atom. The Kier molecular flexibility index (Phi) is 3.15. The van der Waals surface area contributed by atoms with Crippen LogP contribution in [0.2, 0.25) is 0 Å². The molecular weight excluding hydrogens is 226 g/mol. The van der Waals surface area contributed by atoms with E-state index in [1.165, 1.54) is 24.8 Å². The summed E-state index contributed by atoms with van der Waals surface area (Å²) in [5, 5.41) is 11.2. The number of anilines is 1. The minimum absolute atomic E-state index is 0.548. The van der Waals surface area contributed by atoms with Gasteiger partial charge in [-0.1, -0.05) is 6.42 Å². The zero-order valence-electron chi connectivity index (χ0n) is 10.7. The predicted molar refractivity (Wildman–Crippen MR) is 71.9 cm³/mol. The molecule has 3 rings (SSSR count). The van der Waals surface area contributed by atoms with Crippen LogP contribution in [0.1, 0.15) is 24.8 Å². The van der Waals surface area contributed by atoms with Gasteiger partial charge in [0.1, 0.15) is 0 Å². The second kappa shape index (κ2) is 4.94. The van der Waals surface area contributed by atoms with Gasteiger partial charge in [0, 0.05) is 18.8 Å². The fourth-order valence-corrected chi connectivity index (χ4v) is 2.37. The molecule has 0 aromatic carbocycles. The van der Waals surface area contributed by atoms with Gasteiger partial charge in [-0.15, -0.1) is 5.10 Å². The highest BCUT2D eigenvalue weighted by molar-refractivity contribution is 5.45. The van der Waals surface area contributed by atoms with Crippen LogP contribution in [0.15, 0.2) is 18.3 Å². The van der Waals surface area contributed by atoms with Crippen LogP contribution in [0.25, 0.3) is 5.65 Å². The maximum Gasteiger partial charge on any atom is 0.243 e. The summed E-state index contributed by atoms with van der Waals surface area (Å²) in [5.41, 5.74) is 2.10. The lowest BCUT2D eigenvalue weighted by atomic mass is 10.1. The standard InChI is InChI=1S/C13H19N5/c1-10-5-7-18-12(8-10)16-13(17-18)15-9-11-4-2-3-6-14-11/h5,7-8,11,14H,2-4,6,9H2,1H3,(H,15,17). The number of fused-ring (bicyclic) bond motifs is 1. The van der Waals surface area contributed by atoms with E-state index < -0.39 is 0 Å². The summed E-state index contributed by atoms with van der Waals surface area (Å²) >= 11 is 0. The number of nitrogens with one attached hydrogen (secondary N) is 2. The first-order valence-corrected chi connectivity index (χ1v) is 6.61. The molecule has 0 bridgehead atoms. The van der Waals surface area contributed by atoms with Gasteiger partial charge in [-0.05, 0) is 44.0 Å². The van der Waals surface area contributed by atoms with Crippen LogP contribution < -0.4 is 10.6 Å². The van der Waals surface area contributed by atoms with Crippen molar-refractivity contribution in [3.05, 3.63) is 23.9 Å². The zero-order chi connectivity index (χ0) is 12.4. The van der Waals surface area contributed by atoms with Crippen molar-refractivity contribution in [1.82, 2.24) is 19.9 Å². The smallest absolute Gasteiger partial charge is 0.243 e. The molecule has 2 aromatic rings. The van der Waals surface area contributed by atoms with Crippen molar-refractivity contribution in [3.8, 4) is 0 Å². The fraction of sp³-hybridized carbons (Fsp3) is 0.538. The first-order valence-electron chi connectivity index (χ1n) is 6.61. The van der Waals surface area contributed by atoms with Crippen LogP contribution in [0, 0.1) is 6.92 Å². The minimum atomic E-state index is 0.548. The van der Waals surface area contributed by atoms with E-state index in [1.54, 1.807) is 0 Å². The van der Waals surface area contributed by atoms with E-state index in [-0.39, 0.29) is 0 Å². The summed E-state index contributed by atoms with van der Waals surface area (Å²) in [6.07, 6.45) is 5.79. The molecule has 1 unspecified atom stereocenters. The number of rotatable bonds is 3. The molecule has 1 saturated heterocycles. The third kappa shape index (κ3) is 2.46. The number of piperidine rings is 1. The summed E-state index contributed by atoms with van der Waals surface area (Å²) in [7, 11) is 0.